The van der Waals surface area contributed by atoms with Gasteiger partial charge in [0.25, 0.3) is 10.0 Å². The molecule has 0 saturated carbocycles. The van der Waals surface area contributed by atoms with Gasteiger partial charge in [-0.05, 0) is 29.7 Å². The third-order valence-corrected chi connectivity index (χ3v) is 9.54. The molecule has 0 heterocycles. The fourth-order valence-electron chi connectivity index (χ4n) is 4.74. The van der Waals surface area contributed by atoms with Gasteiger partial charge >= 0.3 is 5.97 Å². The Morgan fingerprint density at radius 2 is 1.40 bits per heavy atom. The van der Waals surface area contributed by atoms with Crippen LogP contribution in [0.5, 0.6) is 0 Å². The highest BCUT2D eigenvalue weighted by Gasteiger charge is 2.34. The number of nitrogens with one attached hydrogen (secondary N) is 4. The number of amides is 4. The Bertz CT molecular complexity index is 1560. The van der Waals surface area contributed by atoms with E-state index >= 15 is 0 Å². The number of fused-ring (bicyclic) bond motifs is 1. The van der Waals surface area contributed by atoms with E-state index in [2.05, 4.69) is 33.9 Å². The van der Waals surface area contributed by atoms with Crippen LogP contribution in [0.1, 0.15) is 34.1 Å². The highest BCUT2D eigenvalue weighted by Crippen LogP contribution is 2.26. The molecule has 0 spiro atoms. The highest BCUT2D eigenvalue weighted by molar-refractivity contribution is 7.89. The maximum atomic E-state index is 13.7. The van der Waals surface area contributed by atoms with E-state index in [1.807, 2.05) is 0 Å². The number of benzene rings is 2. The fourth-order valence-corrected chi connectivity index (χ4v) is 6.66. The number of nitrogens with zero attached hydrogens (tertiary/aromatic N) is 2. The SMILES string of the molecule is CC(C)C[C@H](NC(=O)[C@@H](NC(=O)[C@H](CS)NC(=O)CN(N(C)C)S(=O)(=O)c1cccc2ccccc12)C(C)C)C(=O)N[C@@H](CO)C(=O)O. The van der Waals surface area contributed by atoms with Gasteiger partial charge in [0, 0.05) is 25.2 Å². The van der Waals surface area contributed by atoms with Crippen LogP contribution in [0.3, 0.4) is 0 Å². The minimum Gasteiger partial charge on any atom is -0.480 e. The van der Waals surface area contributed by atoms with Gasteiger partial charge in [-0.25, -0.2) is 18.2 Å². The summed E-state index contributed by atoms with van der Waals surface area (Å²) in [6.45, 7) is 5.36. The molecule has 4 amide bonds. The molecule has 15 nitrogen and oxygen atoms in total. The summed E-state index contributed by atoms with van der Waals surface area (Å²) < 4.78 is 28.3. The van der Waals surface area contributed by atoms with Crippen molar-refractivity contribution >= 4 is 63.0 Å². The number of hydrazine groups is 1. The van der Waals surface area contributed by atoms with Crippen LogP contribution in [-0.4, -0.2) is 115 Å². The molecule has 4 atom stereocenters. The third-order valence-electron chi connectivity index (χ3n) is 7.25. The summed E-state index contributed by atoms with van der Waals surface area (Å²) >= 11 is 4.18. The van der Waals surface area contributed by atoms with Gasteiger partial charge in [0.2, 0.25) is 23.6 Å². The van der Waals surface area contributed by atoms with Crippen molar-refractivity contribution in [2.75, 3.05) is 33.0 Å². The molecule has 2 aromatic rings. The fraction of sp³-hybridized carbons (Fsp3) is 0.516. The van der Waals surface area contributed by atoms with Gasteiger partial charge in [0.1, 0.15) is 30.7 Å². The molecular weight excluding hydrogens is 665 g/mol. The van der Waals surface area contributed by atoms with E-state index in [1.54, 1.807) is 64.1 Å². The summed E-state index contributed by atoms with van der Waals surface area (Å²) in [5.74, 6) is -5.39. The minimum atomic E-state index is -4.22. The molecule has 0 aromatic heterocycles. The average Bonchev–Trinajstić information content (AvgIpc) is 3.01. The summed E-state index contributed by atoms with van der Waals surface area (Å²) in [4.78, 5) is 63.9. The van der Waals surface area contributed by atoms with Crippen molar-refractivity contribution in [3.05, 3.63) is 42.5 Å². The van der Waals surface area contributed by atoms with Crippen molar-refractivity contribution in [2.45, 2.75) is 63.2 Å². The summed E-state index contributed by atoms with van der Waals surface area (Å²) in [6, 6.07) is 6.54. The number of aliphatic carboxylic acids is 1. The maximum absolute atomic E-state index is 13.7. The zero-order valence-corrected chi connectivity index (χ0v) is 29.5. The molecule has 0 saturated heterocycles. The molecule has 17 heteroatoms. The van der Waals surface area contributed by atoms with Crippen LogP contribution >= 0.6 is 12.6 Å². The van der Waals surface area contributed by atoms with E-state index in [1.165, 1.54) is 25.2 Å². The van der Waals surface area contributed by atoms with Gasteiger partial charge in [-0.2, -0.15) is 12.6 Å². The molecule has 0 aliphatic rings. The van der Waals surface area contributed by atoms with Gasteiger partial charge in [-0.1, -0.05) is 64.1 Å². The van der Waals surface area contributed by atoms with E-state index in [-0.39, 0.29) is 23.0 Å². The molecule has 0 radical (unpaired) electrons. The lowest BCUT2D eigenvalue weighted by molar-refractivity contribution is -0.143. The second kappa shape index (κ2) is 18.1. The average molecular weight is 711 g/mol. The predicted octanol–water partition coefficient (Wildman–Crippen LogP) is -0.0449. The lowest BCUT2D eigenvalue weighted by atomic mass is 9.99. The largest absolute Gasteiger partial charge is 0.480 e. The Kier molecular flexibility index (Phi) is 15.3. The number of hydrogen-bond donors (Lipinski definition) is 7. The van der Waals surface area contributed by atoms with Crippen LogP contribution in [0, 0.1) is 11.8 Å². The molecule has 266 valence electrons. The molecule has 0 unspecified atom stereocenters. The third kappa shape index (κ3) is 10.9. The van der Waals surface area contributed by atoms with Crippen molar-refractivity contribution in [3.8, 4) is 0 Å². The lowest BCUT2D eigenvalue weighted by Gasteiger charge is -2.29. The number of carbonyl (C=O) groups excluding carboxylic acids is 4. The van der Waals surface area contributed by atoms with Gasteiger partial charge in [0.15, 0.2) is 0 Å². The van der Waals surface area contributed by atoms with E-state index in [9.17, 15) is 42.6 Å². The summed E-state index contributed by atoms with van der Waals surface area (Å²) in [7, 11) is -1.30. The second-order valence-electron chi connectivity index (χ2n) is 12.1. The van der Waals surface area contributed by atoms with Crippen molar-refractivity contribution < 1.29 is 42.6 Å². The molecule has 0 aliphatic carbocycles. The zero-order chi connectivity index (χ0) is 36.3. The number of rotatable bonds is 18. The van der Waals surface area contributed by atoms with E-state index in [0.29, 0.717) is 10.8 Å². The predicted molar refractivity (Wildman–Crippen MR) is 182 cm³/mol. The topological polar surface area (TPSA) is 215 Å². The van der Waals surface area contributed by atoms with Crippen molar-refractivity contribution in [2.24, 2.45) is 11.8 Å². The molecule has 2 rings (SSSR count). The van der Waals surface area contributed by atoms with Gasteiger partial charge < -0.3 is 31.5 Å². The first kappa shape index (κ1) is 40.4. The maximum Gasteiger partial charge on any atom is 0.328 e. The molecule has 48 heavy (non-hydrogen) atoms. The van der Waals surface area contributed by atoms with E-state index < -0.39 is 82.9 Å². The van der Waals surface area contributed by atoms with Crippen LogP contribution in [-0.2, 0) is 34.0 Å². The van der Waals surface area contributed by atoms with Gasteiger partial charge in [-0.3, -0.25) is 19.2 Å². The Labute approximate surface area is 286 Å². The summed E-state index contributed by atoms with van der Waals surface area (Å²) in [5, 5.41) is 30.7. The van der Waals surface area contributed by atoms with Crippen LogP contribution in [0.25, 0.3) is 10.8 Å². The van der Waals surface area contributed by atoms with Gasteiger partial charge in [0.05, 0.1) is 11.5 Å². The molecule has 0 aliphatic heterocycles. The quantitative estimate of drug-likeness (QED) is 0.0810. The van der Waals surface area contributed by atoms with Crippen LogP contribution in [0.15, 0.2) is 47.4 Å². The molecular formula is C31H46N6O9S2. The Morgan fingerprint density at radius 1 is 0.812 bits per heavy atom. The second-order valence-corrected chi connectivity index (χ2v) is 14.3. The number of aliphatic hydroxyl groups is 1. The first-order valence-electron chi connectivity index (χ1n) is 15.3. The number of carbonyl (C=O) groups is 5. The monoisotopic (exact) mass is 710 g/mol. The van der Waals surface area contributed by atoms with Crippen molar-refractivity contribution in [1.82, 2.24) is 30.7 Å². The standard InChI is InChI=1S/C31H46N6O9S2/c1-18(2)14-22(28(40)34-23(16-38)31(43)44)33-30(42)27(19(3)4)35-29(41)24(17-47)32-26(39)15-37(36(5)6)48(45,46)25-13-9-11-20-10-7-8-12-21(20)25/h7-13,18-19,22-24,27,38,47H,14-17H2,1-6H3,(H,32,39)(H,33,42)(H,34,40)(H,35,41)(H,43,44)/t22-,23-,24-,27-/m0/s1. The zero-order valence-electron chi connectivity index (χ0n) is 27.8. The minimum absolute atomic E-state index is 0.00401. The van der Waals surface area contributed by atoms with Crippen molar-refractivity contribution in [1.29, 1.82) is 0 Å². The first-order valence-corrected chi connectivity index (χ1v) is 17.3. The Morgan fingerprint density at radius 3 is 1.94 bits per heavy atom. The number of sulfonamides is 1. The first-order chi connectivity index (χ1) is 22.4. The van der Waals surface area contributed by atoms with Crippen LogP contribution in [0.2, 0.25) is 0 Å². The van der Waals surface area contributed by atoms with Crippen molar-refractivity contribution in [3.63, 3.8) is 0 Å². The summed E-state index contributed by atoms with van der Waals surface area (Å²) in [5.41, 5.74) is 0. The summed E-state index contributed by atoms with van der Waals surface area (Å²) in [6.07, 6.45) is 0.132. The van der Waals surface area contributed by atoms with Crippen LogP contribution < -0.4 is 21.3 Å². The van der Waals surface area contributed by atoms with E-state index in [0.717, 1.165) is 4.41 Å². The lowest BCUT2D eigenvalue weighted by Crippen LogP contribution is -2.60. The van der Waals surface area contributed by atoms with E-state index in [4.69, 9.17) is 0 Å². The number of carboxylic acid groups (broad SMARTS) is 1. The molecule has 6 N–H and O–H groups in total. The normalized spacial score (nSPS) is 14.4. The number of thiol groups is 1. The van der Waals surface area contributed by atoms with Crippen LogP contribution in [0.4, 0.5) is 0 Å². The van der Waals surface area contributed by atoms with Gasteiger partial charge in [-0.15, -0.1) is 4.41 Å². The smallest absolute Gasteiger partial charge is 0.328 e. The Hall–Kier alpha value is -3.77. The molecule has 2 aromatic carbocycles. The molecule has 0 bridgehead atoms. The number of aliphatic hydroxyl groups excluding tert-OH is 1. The number of hydrogen-bond acceptors (Lipinski definition) is 10. The number of carboxylic acids is 1. The Balaban J connectivity index is 2.20. The molecule has 0 fully saturated rings. The highest BCUT2D eigenvalue weighted by atomic mass is 32.2.